The van der Waals surface area contributed by atoms with Crippen LogP contribution in [0.3, 0.4) is 0 Å². The molecule has 2 atom stereocenters. The van der Waals surface area contributed by atoms with Crippen LogP contribution in [-0.4, -0.2) is 40.6 Å². The molecule has 1 rings (SSSR count). The fraction of sp³-hybridized carbons (Fsp3) is 0.429. The van der Waals surface area contributed by atoms with Gasteiger partial charge in [-0.25, -0.2) is 9.59 Å². The Hall–Kier alpha value is -2.29. The molecule has 2 unspecified atom stereocenters. The Balaban J connectivity index is 2.45. The van der Waals surface area contributed by atoms with Crippen LogP contribution in [0, 0.1) is 0 Å². The van der Waals surface area contributed by atoms with E-state index < -0.39 is 43.2 Å². The van der Waals surface area contributed by atoms with Crippen molar-refractivity contribution < 1.29 is 37.7 Å². The summed E-state index contributed by atoms with van der Waals surface area (Å²) in [7, 11) is 0. The van der Waals surface area contributed by atoms with E-state index in [0.29, 0.717) is 5.56 Å². The maximum atomic E-state index is 12.2. The van der Waals surface area contributed by atoms with Gasteiger partial charge in [-0.2, -0.15) is 13.2 Å². The van der Waals surface area contributed by atoms with E-state index in [9.17, 15) is 22.8 Å². The minimum Gasteiger partial charge on any atom is -0.480 e. The first-order chi connectivity index (χ1) is 10.7. The van der Waals surface area contributed by atoms with E-state index in [0.717, 1.165) is 0 Å². The number of carbonyl (C=O) groups excluding carboxylic acids is 1. The molecule has 0 bridgehead atoms. The van der Waals surface area contributed by atoms with E-state index in [4.69, 9.17) is 14.9 Å². The second kappa shape index (κ2) is 8.37. The normalized spacial score (nSPS) is 13.9. The van der Waals surface area contributed by atoms with Gasteiger partial charge in [0.1, 0.15) is 18.8 Å². The summed E-state index contributed by atoms with van der Waals surface area (Å²) in [5, 5.41) is 19.7. The van der Waals surface area contributed by atoms with Crippen molar-refractivity contribution in [1.29, 1.82) is 0 Å². The Morgan fingerprint density at radius 2 is 1.78 bits per heavy atom. The number of carboxylic acid groups (broad SMARTS) is 1. The average molecular weight is 335 g/mol. The maximum absolute atomic E-state index is 12.2. The van der Waals surface area contributed by atoms with Crippen molar-refractivity contribution in [2.45, 2.75) is 37.8 Å². The monoisotopic (exact) mass is 335 g/mol. The van der Waals surface area contributed by atoms with Crippen LogP contribution in [0.5, 0.6) is 0 Å². The van der Waals surface area contributed by atoms with Gasteiger partial charge in [0.05, 0.1) is 0 Å². The molecule has 6 nitrogen and oxygen atoms in total. The predicted molar refractivity (Wildman–Crippen MR) is 72.5 cm³/mol. The number of benzene rings is 1. The van der Waals surface area contributed by atoms with E-state index >= 15 is 0 Å². The van der Waals surface area contributed by atoms with Gasteiger partial charge in [-0.3, -0.25) is 0 Å². The van der Waals surface area contributed by atoms with E-state index in [-0.39, 0.29) is 6.61 Å². The third kappa shape index (κ3) is 7.00. The molecule has 1 aromatic rings. The highest BCUT2D eigenvalue weighted by Crippen LogP contribution is 2.23. The topological polar surface area (TPSA) is 95.9 Å². The molecule has 0 aliphatic heterocycles. The zero-order chi connectivity index (χ0) is 17.5. The SMILES string of the molecule is O=C(NC(CCC(O)C(F)(F)F)C(=O)O)OCc1ccccc1. The van der Waals surface area contributed by atoms with Gasteiger partial charge in [0, 0.05) is 0 Å². The van der Waals surface area contributed by atoms with Crippen LogP contribution >= 0.6 is 0 Å². The molecule has 1 amide bonds. The lowest BCUT2D eigenvalue weighted by atomic mass is 10.1. The molecular weight excluding hydrogens is 319 g/mol. The summed E-state index contributed by atoms with van der Waals surface area (Å²) < 4.78 is 41.3. The lowest BCUT2D eigenvalue weighted by Gasteiger charge is -2.18. The summed E-state index contributed by atoms with van der Waals surface area (Å²) in [6, 6.07) is 6.97. The smallest absolute Gasteiger partial charge is 0.414 e. The molecule has 0 aliphatic carbocycles. The largest absolute Gasteiger partial charge is 0.480 e. The van der Waals surface area contributed by atoms with Crippen molar-refractivity contribution >= 4 is 12.1 Å². The zero-order valence-corrected chi connectivity index (χ0v) is 11.9. The van der Waals surface area contributed by atoms with Gasteiger partial charge in [0.15, 0.2) is 0 Å². The van der Waals surface area contributed by atoms with Gasteiger partial charge in [-0.1, -0.05) is 30.3 Å². The molecule has 128 valence electrons. The minimum atomic E-state index is -4.84. The molecule has 1 aromatic carbocycles. The number of carbonyl (C=O) groups is 2. The van der Waals surface area contributed by atoms with Gasteiger partial charge in [-0.15, -0.1) is 0 Å². The second-order valence-electron chi connectivity index (χ2n) is 4.73. The summed E-state index contributed by atoms with van der Waals surface area (Å²) in [6.07, 6.45) is -9.98. The Kier molecular flexibility index (Phi) is 6.83. The van der Waals surface area contributed by atoms with E-state index in [1.165, 1.54) is 0 Å². The first kappa shape index (κ1) is 18.8. The number of nitrogens with one attached hydrogen (secondary N) is 1. The summed E-state index contributed by atoms with van der Waals surface area (Å²) in [6.45, 7) is -0.107. The van der Waals surface area contributed by atoms with Crippen molar-refractivity contribution in [2.24, 2.45) is 0 Å². The average Bonchev–Trinajstić information content (AvgIpc) is 2.48. The molecule has 0 fully saturated rings. The third-order valence-corrected chi connectivity index (χ3v) is 2.91. The maximum Gasteiger partial charge on any atom is 0.414 e. The van der Waals surface area contributed by atoms with Crippen molar-refractivity contribution in [3.05, 3.63) is 35.9 Å². The van der Waals surface area contributed by atoms with Gasteiger partial charge in [0.2, 0.25) is 0 Å². The molecule has 23 heavy (non-hydrogen) atoms. The fourth-order valence-electron chi connectivity index (χ4n) is 1.65. The molecule has 0 saturated carbocycles. The van der Waals surface area contributed by atoms with E-state index in [2.05, 4.69) is 0 Å². The number of alkyl carbamates (subject to hydrolysis) is 1. The zero-order valence-electron chi connectivity index (χ0n) is 11.9. The molecule has 3 N–H and O–H groups in total. The number of amides is 1. The summed E-state index contributed by atoms with van der Waals surface area (Å²) in [4.78, 5) is 22.4. The van der Waals surface area contributed by atoms with Gasteiger partial charge < -0.3 is 20.3 Å². The molecular formula is C14H16F3NO5. The number of halogens is 3. The molecule has 9 heteroatoms. The highest BCUT2D eigenvalue weighted by Gasteiger charge is 2.38. The van der Waals surface area contributed by atoms with Gasteiger partial charge in [0.25, 0.3) is 0 Å². The molecule has 0 aliphatic rings. The number of hydrogen-bond donors (Lipinski definition) is 3. The first-order valence-corrected chi connectivity index (χ1v) is 6.65. The van der Waals surface area contributed by atoms with Gasteiger partial charge in [-0.05, 0) is 18.4 Å². The standard InChI is InChI=1S/C14H16F3NO5/c15-14(16,17)11(19)7-6-10(12(20)21)18-13(22)23-8-9-4-2-1-3-5-9/h1-5,10-11,19H,6-8H2,(H,18,22)(H,20,21). The number of aliphatic carboxylic acids is 1. The number of alkyl halides is 3. The van der Waals surface area contributed by atoms with E-state index in [1.807, 2.05) is 5.32 Å². The molecule has 0 heterocycles. The third-order valence-electron chi connectivity index (χ3n) is 2.91. The van der Waals surface area contributed by atoms with Crippen molar-refractivity contribution in [2.75, 3.05) is 0 Å². The number of carboxylic acids is 1. The number of aliphatic hydroxyl groups is 1. The number of ether oxygens (including phenoxy) is 1. The van der Waals surface area contributed by atoms with Crippen LogP contribution in [0.15, 0.2) is 30.3 Å². The first-order valence-electron chi connectivity index (χ1n) is 6.65. The quantitative estimate of drug-likeness (QED) is 0.709. The summed E-state index contributed by atoms with van der Waals surface area (Å²) >= 11 is 0. The van der Waals surface area contributed by atoms with Gasteiger partial charge >= 0.3 is 18.2 Å². The van der Waals surface area contributed by atoms with Crippen LogP contribution < -0.4 is 5.32 Å². The van der Waals surface area contributed by atoms with Crippen LogP contribution in [0.25, 0.3) is 0 Å². The Morgan fingerprint density at radius 1 is 1.17 bits per heavy atom. The van der Waals surface area contributed by atoms with Crippen LogP contribution in [0.4, 0.5) is 18.0 Å². The lowest BCUT2D eigenvalue weighted by molar-refractivity contribution is -0.206. The molecule has 0 saturated heterocycles. The van der Waals surface area contributed by atoms with E-state index in [1.54, 1.807) is 30.3 Å². The number of hydrogen-bond acceptors (Lipinski definition) is 4. The molecule has 0 spiro atoms. The van der Waals surface area contributed by atoms with Crippen LogP contribution in [0.2, 0.25) is 0 Å². The lowest BCUT2D eigenvalue weighted by Crippen LogP contribution is -2.42. The second-order valence-corrected chi connectivity index (χ2v) is 4.73. The predicted octanol–water partition coefficient (Wildman–Crippen LogP) is 2.07. The minimum absolute atomic E-state index is 0.107. The van der Waals surface area contributed by atoms with Crippen LogP contribution in [0.1, 0.15) is 18.4 Å². The molecule has 0 aromatic heterocycles. The summed E-state index contributed by atoms with van der Waals surface area (Å²) in [5.41, 5.74) is 0.669. The van der Waals surface area contributed by atoms with Crippen LogP contribution in [-0.2, 0) is 16.1 Å². The number of aliphatic hydroxyl groups excluding tert-OH is 1. The van der Waals surface area contributed by atoms with Crippen molar-refractivity contribution in [3.63, 3.8) is 0 Å². The Morgan fingerprint density at radius 3 is 2.30 bits per heavy atom. The highest BCUT2D eigenvalue weighted by atomic mass is 19.4. The van der Waals surface area contributed by atoms with Crippen molar-refractivity contribution in [3.8, 4) is 0 Å². The van der Waals surface area contributed by atoms with Crippen molar-refractivity contribution in [1.82, 2.24) is 5.32 Å². The molecule has 0 radical (unpaired) electrons. The highest BCUT2D eigenvalue weighted by molar-refractivity contribution is 5.79. The fourth-order valence-corrected chi connectivity index (χ4v) is 1.65. The Labute approximate surface area is 129 Å². The summed E-state index contributed by atoms with van der Waals surface area (Å²) in [5.74, 6) is -1.52. The number of rotatable bonds is 7. The Bertz CT molecular complexity index is 521.